The van der Waals surface area contributed by atoms with Crippen LogP contribution in [0.1, 0.15) is 18.0 Å². The second-order valence-electron chi connectivity index (χ2n) is 4.06. The number of nitrogens with one attached hydrogen (secondary N) is 1. The molecule has 1 aromatic rings. The molecule has 1 aliphatic heterocycles. The van der Waals surface area contributed by atoms with Gasteiger partial charge in [-0.25, -0.2) is 4.39 Å². The zero-order valence-electron chi connectivity index (χ0n) is 9.17. The first-order valence-corrected chi connectivity index (χ1v) is 6.21. The van der Waals surface area contributed by atoms with Gasteiger partial charge in [0.2, 0.25) is 0 Å². The zero-order chi connectivity index (χ0) is 11.5. The fraction of sp³-hybridized carbons (Fsp3) is 0.500. The molecular formula is C12H15BrFNO. The van der Waals surface area contributed by atoms with Crippen molar-refractivity contribution in [3.8, 4) is 0 Å². The van der Waals surface area contributed by atoms with E-state index < -0.39 is 0 Å². The molecule has 88 valence electrons. The van der Waals surface area contributed by atoms with Gasteiger partial charge in [-0.1, -0.05) is 6.07 Å². The van der Waals surface area contributed by atoms with Crippen molar-refractivity contribution in [2.24, 2.45) is 5.92 Å². The van der Waals surface area contributed by atoms with Gasteiger partial charge in [-0.05, 0) is 47.1 Å². The maximum atomic E-state index is 13.2. The van der Waals surface area contributed by atoms with Crippen LogP contribution in [0, 0.1) is 11.7 Å². The highest BCUT2D eigenvalue weighted by Gasteiger charge is 2.26. The molecule has 1 aliphatic rings. The molecule has 0 spiro atoms. The molecule has 0 saturated carbocycles. The topological polar surface area (TPSA) is 21.3 Å². The van der Waals surface area contributed by atoms with Crippen molar-refractivity contribution in [3.63, 3.8) is 0 Å². The van der Waals surface area contributed by atoms with Crippen LogP contribution in [0.4, 0.5) is 4.39 Å². The van der Waals surface area contributed by atoms with Crippen LogP contribution in [-0.4, -0.2) is 20.3 Å². The van der Waals surface area contributed by atoms with Crippen LogP contribution < -0.4 is 5.32 Å². The van der Waals surface area contributed by atoms with Gasteiger partial charge in [-0.2, -0.15) is 0 Å². The molecule has 2 nitrogen and oxygen atoms in total. The highest BCUT2D eigenvalue weighted by Crippen LogP contribution is 2.30. The van der Waals surface area contributed by atoms with Crippen molar-refractivity contribution in [1.82, 2.24) is 5.32 Å². The average Bonchev–Trinajstić information content (AvgIpc) is 2.78. The van der Waals surface area contributed by atoms with E-state index in [9.17, 15) is 4.39 Å². The van der Waals surface area contributed by atoms with E-state index >= 15 is 0 Å². The number of rotatable bonds is 3. The first-order chi connectivity index (χ1) is 7.72. The van der Waals surface area contributed by atoms with Crippen LogP contribution in [-0.2, 0) is 4.74 Å². The predicted molar refractivity (Wildman–Crippen MR) is 64.8 cm³/mol. The Morgan fingerprint density at radius 3 is 2.94 bits per heavy atom. The highest BCUT2D eigenvalue weighted by atomic mass is 79.9. The fourth-order valence-electron chi connectivity index (χ4n) is 2.20. The van der Waals surface area contributed by atoms with Crippen molar-refractivity contribution < 1.29 is 9.13 Å². The first-order valence-electron chi connectivity index (χ1n) is 5.42. The normalized spacial score (nSPS) is 22.3. The van der Waals surface area contributed by atoms with Crippen LogP contribution in [0.2, 0.25) is 0 Å². The van der Waals surface area contributed by atoms with E-state index in [2.05, 4.69) is 21.2 Å². The Bertz CT molecular complexity index is 366. The average molecular weight is 288 g/mol. The molecule has 1 heterocycles. The zero-order valence-corrected chi connectivity index (χ0v) is 10.8. The van der Waals surface area contributed by atoms with Crippen LogP contribution in [0.25, 0.3) is 0 Å². The van der Waals surface area contributed by atoms with E-state index in [1.54, 1.807) is 0 Å². The number of benzene rings is 1. The molecule has 2 unspecified atom stereocenters. The molecule has 1 saturated heterocycles. The summed E-state index contributed by atoms with van der Waals surface area (Å²) in [4.78, 5) is 0. The van der Waals surface area contributed by atoms with Crippen LogP contribution in [0.15, 0.2) is 22.7 Å². The van der Waals surface area contributed by atoms with Crippen molar-refractivity contribution >= 4 is 15.9 Å². The van der Waals surface area contributed by atoms with Gasteiger partial charge in [0.05, 0.1) is 11.1 Å². The minimum absolute atomic E-state index is 0.221. The monoisotopic (exact) mass is 287 g/mol. The van der Waals surface area contributed by atoms with E-state index in [-0.39, 0.29) is 11.9 Å². The van der Waals surface area contributed by atoms with Crippen molar-refractivity contribution in [3.05, 3.63) is 34.1 Å². The van der Waals surface area contributed by atoms with Gasteiger partial charge in [0.15, 0.2) is 0 Å². The molecule has 1 fully saturated rings. The summed E-state index contributed by atoms with van der Waals surface area (Å²) in [6.45, 7) is 1.60. The van der Waals surface area contributed by atoms with Gasteiger partial charge < -0.3 is 10.1 Å². The summed E-state index contributed by atoms with van der Waals surface area (Å²) in [5, 5.41) is 3.28. The van der Waals surface area contributed by atoms with Crippen LogP contribution in [0.3, 0.4) is 0 Å². The Labute approximate surface area is 103 Å². The second-order valence-corrected chi connectivity index (χ2v) is 4.92. The maximum Gasteiger partial charge on any atom is 0.137 e. The number of hydrogen-bond donors (Lipinski definition) is 1. The molecule has 4 heteroatoms. The number of halogens is 2. The van der Waals surface area contributed by atoms with Gasteiger partial charge in [-0.15, -0.1) is 0 Å². The van der Waals surface area contributed by atoms with Gasteiger partial charge in [0.25, 0.3) is 0 Å². The third-order valence-electron chi connectivity index (χ3n) is 3.05. The molecule has 2 atom stereocenters. The molecule has 0 radical (unpaired) electrons. The summed E-state index contributed by atoms with van der Waals surface area (Å²) < 4.78 is 19.1. The minimum Gasteiger partial charge on any atom is -0.381 e. The summed E-state index contributed by atoms with van der Waals surface area (Å²) in [5.41, 5.74) is 1.10. The quantitative estimate of drug-likeness (QED) is 0.923. The van der Waals surface area contributed by atoms with E-state index in [0.717, 1.165) is 25.2 Å². The summed E-state index contributed by atoms with van der Waals surface area (Å²) >= 11 is 3.22. The lowest BCUT2D eigenvalue weighted by Crippen LogP contribution is -2.25. The third-order valence-corrected chi connectivity index (χ3v) is 3.66. The van der Waals surface area contributed by atoms with E-state index in [1.165, 1.54) is 6.07 Å². The smallest absolute Gasteiger partial charge is 0.137 e. The molecule has 0 bridgehead atoms. The Morgan fingerprint density at radius 1 is 1.56 bits per heavy atom. The SMILES string of the molecule is CNC(c1ccc(F)c(Br)c1)C1CCOC1. The van der Waals surface area contributed by atoms with Crippen molar-refractivity contribution in [2.45, 2.75) is 12.5 Å². The Morgan fingerprint density at radius 2 is 2.38 bits per heavy atom. The summed E-state index contributed by atoms with van der Waals surface area (Å²) in [7, 11) is 1.93. The summed E-state index contributed by atoms with van der Waals surface area (Å²) in [5.74, 6) is 0.253. The van der Waals surface area contributed by atoms with Gasteiger partial charge in [0.1, 0.15) is 5.82 Å². The largest absolute Gasteiger partial charge is 0.381 e. The lowest BCUT2D eigenvalue weighted by Gasteiger charge is -2.22. The molecule has 0 aliphatic carbocycles. The molecule has 0 aromatic heterocycles. The van der Waals surface area contributed by atoms with Crippen molar-refractivity contribution in [1.29, 1.82) is 0 Å². The minimum atomic E-state index is -0.221. The lowest BCUT2D eigenvalue weighted by molar-refractivity contribution is 0.178. The van der Waals surface area contributed by atoms with Gasteiger partial charge >= 0.3 is 0 Å². The van der Waals surface area contributed by atoms with Crippen LogP contribution >= 0.6 is 15.9 Å². The molecule has 0 amide bonds. The summed E-state index contributed by atoms with van der Waals surface area (Å²) in [6, 6.07) is 5.41. The molecule has 16 heavy (non-hydrogen) atoms. The van der Waals surface area contributed by atoms with Gasteiger partial charge in [0, 0.05) is 18.6 Å². The Balaban J connectivity index is 2.22. The second kappa shape index (κ2) is 5.25. The Kier molecular flexibility index (Phi) is 3.95. The molecule has 2 rings (SSSR count). The lowest BCUT2D eigenvalue weighted by atomic mass is 9.92. The Hall–Kier alpha value is -0.450. The van der Waals surface area contributed by atoms with Crippen LogP contribution in [0.5, 0.6) is 0 Å². The van der Waals surface area contributed by atoms with E-state index in [4.69, 9.17) is 4.74 Å². The summed E-state index contributed by atoms with van der Waals surface area (Å²) in [6.07, 6.45) is 1.06. The van der Waals surface area contributed by atoms with E-state index in [1.807, 2.05) is 19.2 Å². The standard InChI is InChI=1S/C12H15BrFNO/c1-15-12(9-4-5-16-7-9)8-2-3-11(14)10(13)6-8/h2-3,6,9,12,15H,4-5,7H2,1H3. The predicted octanol–water partition coefficient (Wildman–Crippen LogP) is 2.89. The van der Waals surface area contributed by atoms with Crippen molar-refractivity contribution in [2.75, 3.05) is 20.3 Å². The van der Waals surface area contributed by atoms with E-state index in [0.29, 0.717) is 10.4 Å². The fourth-order valence-corrected chi connectivity index (χ4v) is 2.59. The highest BCUT2D eigenvalue weighted by molar-refractivity contribution is 9.10. The maximum absolute atomic E-state index is 13.2. The molecular weight excluding hydrogens is 273 g/mol. The molecule has 1 N–H and O–H groups in total. The number of ether oxygens (including phenoxy) is 1. The van der Waals surface area contributed by atoms with Gasteiger partial charge in [-0.3, -0.25) is 0 Å². The molecule has 1 aromatic carbocycles. The third kappa shape index (κ3) is 2.44. The first kappa shape index (κ1) is 12.0. The number of hydrogen-bond acceptors (Lipinski definition) is 2.